The lowest BCUT2D eigenvalue weighted by Crippen LogP contribution is -2.13. The van der Waals surface area contributed by atoms with Crippen molar-refractivity contribution in [2.45, 2.75) is 6.92 Å². The molecule has 1 aromatic heterocycles. The van der Waals surface area contributed by atoms with E-state index in [1.54, 1.807) is 0 Å². The van der Waals surface area contributed by atoms with Crippen molar-refractivity contribution in [3.8, 4) is 0 Å². The predicted octanol–water partition coefficient (Wildman–Crippen LogP) is 0.761. The summed E-state index contributed by atoms with van der Waals surface area (Å²) in [4.78, 5) is 4.13. The third kappa shape index (κ3) is 2.55. The zero-order valence-corrected chi connectivity index (χ0v) is 6.67. The highest BCUT2D eigenvalue weighted by molar-refractivity contribution is 5.40. The molecule has 0 aliphatic carbocycles. The average Bonchev–Trinajstić information content (AvgIpc) is 2.04. The van der Waals surface area contributed by atoms with Gasteiger partial charge in [0.15, 0.2) is 0 Å². The molecule has 60 valence electrons. The van der Waals surface area contributed by atoms with Gasteiger partial charge in [0.05, 0.1) is 11.9 Å². The molecule has 0 aromatic carbocycles. The number of aromatic nitrogens is 1. The van der Waals surface area contributed by atoms with Gasteiger partial charge in [0.25, 0.3) is 0 Å². The summed E-state index contributed by atoms with van der Waals surface area (Å²) in [6.45, 7) is 3.41. The minimum Gasteiger partial charge on any atom is -0.383 e. The lowest BCUT2D eigenvalue weighted by atomic mass is 10.3. The second kappa shape index (κ2) is 3.93. The smallest absolute Gasteiger partial charge is 0.0527 e. The zero-order chi connectivity index (χ0) is 8.10. The van der Waals surface area contributed by atoms with E-state index in [1.807, 2.05) is 25.3 Å². The number of pyridine rings is 1. The van der Waals surface area contributed by atoms with Crippen molar-refractivity contribution in [2.24, 2.45) is 5.73 Å². The van der Waals surface area contributed by atoms with E-state index in [1.165, 1.54) is 0 Å². The fraction of sp³-hybridized carbons (Fsp3) is 0.375. The van der Waals surface area contributed by atoms with Gasteiger partial charge in [-0.3, -0.25) is 4.98 Å². The van der Waals surface area contributed by atoms with Gasteiger partial charge in [0, 0.05) is 18.8 Å². The number of aryl methyl sites for hydroxylation is 1. The molecular weight excluding hydrogens is 138 g/mol. The summed E-state index contributed by atoms with van der Waals surface area (Å²) in [6, 6.07) is 3.97. The molecule has 0 atom stereocenters. The van der Waals surface area contributed by atoms with Crippen LogP contribution in [-0.2, 0) is 0 Å². The van der Waals surface area contributed by atoms with Crippen molar-refractivity contribution in [1.82, 2.24) is 4.98 Å². The largest absolute Gasteiger partial charge is 0.383 e. The zero-order valence-electron chi connectivity index (χ0n) is 6.67. The van der Waals surface area contributed by atoms with Crippen LogP contribution in [-0.4, -0.2) is 18.1 Å². The molecule has 1 heterocycles. The van der Waals surface area contributed by atoms with E-state index >= 15 is 0 Å². The molecule has 0 amide bonds. The van der Waals surface area contributed by atoms with Gasteiger partial charge in [0.2, 0.25) is 0 Å². The molecule has 11 heavy (non-hydrogen) atoms. The number of nitrogens with one attached hydrogen (secondary N) is 1. The van der Waals surface area contributed by atoms with Gasteiger partial charge in [-0.05, 0) is 19.1 Å². The monoisotopic (exact) mass is 151 g/mol. The highest BCUT2D eigenvalue weighted by atomic mass is 14.9. The minimum atomic E-state index is 0.647. The molecule has 3 nitrogen and oxygen atoms in total. The molecule has 0 saturated heterocycles. The van der Waals surface area contributed by atoms with Crippen molar-refractivity contribution in [2.75, 3.05) is 18.4 Å². The molecule has 0 fully saturated rings. The molecule has 0 spiro atoms. The van der Waals surface area contributed by atoms with Crippen molar-refractivity contribution in [3.05, 3.63) is 24.0 Å². The van der Waals surface area contributed by atoms with Crippen LogP contribution in [0, 0.1) is 6.92 Å². The van der Waals surface area contributed by atoms with Gasteiger partial charge in [-0.2, -0.15) is 0 Å². The molecule has 3 heteroatoms. The summed E-state index contributed by atoms with van der Waals surface area (Å²) < 4.78 is 0. The first-order valence-corrected chi connectivity index (χ1v) is 3.69. The van der Waals surface area contributed by atoms with Gasteiger partial charge >= 0.3 is 0 Å². The standard InChI is InChI=1S/C8H13N3/c1-7-2-3-8(6-11-7)10-5-4-9/h2-3,6,10H,4-5,9H2,1H3. The fourth-order valence-corrected chi connectivity index (χ4v) is 0.789. The molecule has 0 saturated carbocycles. The molecular formula is C8H13N3. The molecule has 0 unspecified atom stereocenters. The van der Waals surface area contributed by atoms with Gasteiger partial charge in [-0.25, -0.2) is 0 Å². The quantitative estimate of drug-likeness (QED) is 0.670. The molecule has 1 aromatic rings. The maximum atomic E-state index is 5.32. The highest BCUT2D eigenvalue weighted by Crippen LogP contribution is 2.03. The van der Waals surface area contributed by atoms with Crippen LogP contribution in [0.3, 0.4) is 0 Å². The van der Waals surface area contributed by atoms with Crippen LogP contribution in [0.15, 0.2) is 18.3 Å². The first-order chi connectivity index (χ1) is 5.33. The van der Waals surface area contributed by atoms with Crippen LogP contribution in [0.25, 0.3) is 0 Å². The molecule has 1 rings (SSSR count). The second-order valence-corrected chi connectivity index (χ2v) is 2.40. The maximum absolute atomic E-state index is 5.32. The minimum absolute atomic E-state index is 0.647. The number of nitrogens with zero attached hydrogens (tertiary/aromatic N) is 1. The Balaban J connectivity index is 2.52. The first-order valence-electron chi connectivity index (χ1n) is 3.69. The summed E-state index contributed by atoms with van der Waals surface area (Å²) in [5.41, 5.74) is 7.38. The summed E-state index contributed by atoms with van der Waals surface area (Å²) in [5.74, 6) is 0. The van der Waals surface area contributed by atoms with E-state index in [2.05, 4.69) is 10.3 Å². The van der Waals surface area contributed by atoms with Crippen molar-refractivity contribution in [1.29, 1.82) is 0 Å². The van der Waals surface area contributed by atoms with E-state index < -0.39 is 0 Å². The Morgan fingerprint density at radius 3 is 2.91 bits per heavy atom. The third-order valence-electron chi connectivity index (χ3n) is 1.38. The number of nitrogens with two attached hydrogens (primary N) is 1. The van der Waals surface area contributed by atoms with Crippen LogP contribution in [0.5, 0.6) is 0 Å². The lowest BCUT2D eigenvalue weighted by molar-refractivity contribution is 1.02. The van der Waals surface area contributed by atoms with Crippen molar-refractivity contribution in [3.63, 3.8) is 0 Å². The normalized spacial score (nSPS) is 9.64. The van der Waals surface area contributed by atoms with Gasteiger partial charge in [-0.1, -0.05) is 0 Å². The van der Waals surface area contributed by atoms with Crippen LogP contribution in [0.4, 0.5) is 5.69 Å². The molecule has 0 bridgehead atoms. The second-order valence-electron chi connectivity index (χ2n) is 2.40. The van der Waals surface area contributed by atoms with Crippen LogP contribution < -0.4 is 11.1 Å². The van der Waals surface area contributed by atoms with E-state index in [4.69, 9.17) is 5.73 Å². The average molecular weight is 151 g/mol. The van der Waals surface area contributed by atoms with Gasteiger partial charge in [-0.15, -0.1) is 0 Å². The summed E-state index contributed by atoms with van der Waals surface area (Å²) >= 11 is 0. The van der Waals surface area contributed by atoms with E-state index in [0.29, 0.717) is 6.54 Å². The molecule has 3 N–H and O–H groups in total. The van der Waals surface area contributed by atoms with Crippen LogP contribution in [0.2, 0.25) is 0 Å². The predicted molar refractivity (Wildman–Crippen MR) is 46.5 cm³/mol. The van der Waals surface area contributed by atoms with Crippen LogP contribution in [0.1, 0.15) is 5.69 Å². The molecule has 0 radical (unpaired) electrons. The number of hydrogen-bond acceptors (Lipinski definition) is 3. The third-order valence-corrected chi connectivity index (χ3v) is 1.38. The van der Waals surface area contributed by atoms with E-state index in [-0.39, 0.29) is 0 Å². The topological polar surface area (TPSA) is 50.9 Å². The summed E-state index contributed by atoms with van der Waals surface area (Å²) in [6.07, 6.45) is 1.81. The Morgan fingerprint density at radius 2 is 2.36 bits per heavy atom. The maximum Gasteiger partial charge on any atom is 0.0527 e. The van der Waals surface area contributed by atoms with E-state index in [9.17, 15) is 0 Å². The Labute approximate surface area is 66.6 Å². The Morgan fingerprint density at radius 1 is 1.55 bits per heavy atom. The Bertz CT molecular complexity index is 205. The molecule has 0 aliphatic heterocycles. The highest BCUT2D eigenvalue weighted by Gasteiger charge is 1.88. The van der Waals surface area contributed by atoms with Crippen molar-refractivity contribution < 1.29 is 0 Å². The number of anilines is 1. The van der Waals surface area contributed by atoms with Crippen molar-refractivity contribution >= 4 is 5.69 Å². The van der Waals surface area contributed by atoms with Gasteiger partial charge < -0.3 is 11.1 Å². The summed E-state index contributed by atoms with van der Waals surface area (Å²) in [5, 5.41) is 3.13. The van der Waals surface area contributed by atoms with Crippen LogP contribution >= 0.6 is 0 Å². The first kappa shape index (κ1) is 8.01. The SMILES string of the molecule is Cc1ccc(NCCN)cn1. The Hall–Kier alpha value is -1.09. The number of rotatable bonds is 3. The molecule has 0 aliphatic rings. The fourth-order valence-electron chi connectivity index (χ4n) is 0.789. The Kier molecular flexibility index (Phi) is 2.86. The summed E-state index contributed by atoms with van der Waals surface area (Å²) in [7, 11) is 0. The van der Waals surface area contributed by atoms with E-state index in [0.717, 1.165) is 17.9 Å². The van der Waals surface area contributed by atoms with Gasteiger partial charge in [0.1, 0.15) is 0 Å². The number of hydrogen-bond donors (Lipinski definition) is 2. The lowest BCUT2D eigenvalue weighted by Gasteiger charge is -2.02.